The van der Waals surface area contributed by atoms with Crippen molar-refractivity contribution >= 4 is 6.29 Å². The molecule has 0 spiro atoms. The second kappa shape index (κ2) is 2.49. The normalized spacial score (nSPS) is 9.45. The predicted octanol–water partition coefficient (Wildman–Crippen LogP) is 0.261. The number of hydrogen-bond donors (Lipinski definition) is 3. The van der Waals surface area contributed by atoms with Crippen LogP contribution in [0, 0.1) is 0 Å². The summed E-state index contributed by atoms with van der Waals surface area (Å²) >= 11 is 0. The quantitative estimate of drug-likeness (QED) is 0.506. The van der Waals surface area contributed by atoms with Crippen LogP contribution in [-0.2, 0) is 4.79 Å². The Morgan fingerprint density at radius 2 is 1.55 bits per heavy atom. The van der Waals surface area contributed by atoms with Crippen molar-refractivity contribution in [2.75, 3.05) is 0 Å². The highest BCUT2D eigenvalue weighted by atomic mass is 16.3. The minimum absolute atomic E-state index is 0.0159. The van der Waals surface area contributed by atoms with Gasteiger partial charge in [0.05, 0.1) is 0 Å². The molecular weight excluding hydrogens is 148 g/mol. The fourth-order valence-electron chi connectivity index (χ4n) is 0.663. The Morgan fingerprint density at radius 1 is 1.09 bits per heavy atom. The maximum absolute atomic E-state index is 9.99. The molecule has 1 rings (SSSR count). The molecule has 0 fully saturated rings. The molecule has 0 aliphatic rings. The molecule has 0 heterocycles. The van der Waals surface area contributed by atoms with E-state index in [9.17, 15) is 4.79 Å². The summed E-state index contributed by atoms with van der Waals surface area (Å²) in [6.45, 7) is 0. The largest absolute Gasteiger partial charge is 0.504 e. The van der Waals surface area contributed by atoms with Crippen molar-refractivity contribution < 1.29 is 20.1 Å². The van der Waals surface area contributed by atoms with Gasteiger partial charge >= 0.3 is 0 Å². The van der Waals surface area contributed by atoms with Crippen molar-refractivity contribution in [2.24, 2.45) is 0 Å². The molecule has 1 radical (unpaired) electrons. The number of carbonyl (C=O) groups excluding carboxylic acids is 1. The van der Waals surface area contributed by atoms with Gasteiger partial charge < -0.3 is 15.3 Å². The molecule has 3 N–H and O–H groups in total. The van der Waals surface area contributed by atoms with E-state index in [1.807, 2.05) is 0 Å². The first-order valence-corrected chi connectivity index (χ1v) is 2.78. The van der Waals surface area contributed by atoms with Gasteiger partial charge in [-0.2, -0.15) is 0 Å². The van der Waals surface area contributed by atoms with Crippen LogP contribution in [0.3, 0.4) is 0 Å². The molecule has 11 heavy (non-hydrogen) atoms. The van der Waals surface area contributed by atoms with Crippen molar-refractivity contribution in [3.05, 3.63) is 17.7 Å². The van der Waals surface area contributed by atoms with Gasteiger partial charge in [0.2, 0.25) is 6.29 Å². The smallest absolute Gasteiger partial charge is 0.233 e. The van der Waals surface area contributed by atoms with Gasteiger partial charge in [0.25, 0.3) is 0 Å². The summed E-state index contributed by atoms with van der Waals surface area (Å²) in [7, 11) is 0. The van der Waals surface area contributed by atoms with Crippen LogP contribution in [0.15, 0.2) is 12.1 Å². The van der Waals surface area contributed by atoms with Crippen molar-refractivity contribution in [2.45, 2.75) is 0 Å². The number of aromatic hydroxyl groups is 3. The Kier molecular flexibility index (Phi) is 1.68. The first-order chi connectivity index (χ1) is 5.15. The molecule has 0 saturated heterocycles. The summed E-state index contributed by atoms with van der Waals surface area (Å²) in [5.41, 5.74) is -0.0159. The van der Waals surface area contributed by atoms with Gasteiger partial charge in [-0.05, 0) is 12.1 Å². The SMILES string of the molecule is O=[C]c1cc(O)c(O)c(O)c1. The zero-order valence-corrected chi connectivity index (χ0v) is 5.40. The zero-order valence-electron chi connectivity index (χ0n) is 5.40. The average Bonchev–Trinajstić information content (AvgIpc) is 1.99. The minimum Gasteiger partial charge on any atom is -0.504 e. The number of phenolic OH excluding ortho intramolecular Hbond substituents is 3. The lowest BCUT2D eigenvalue weighted by molar-refractivity contribution is 0.367. The number of rotatable bonds is 1. The highest BCUT2D eigenvalue weighted by Gasteiger charge is 2.06. The van der Waals surface area contributed by atoms with E-state index in [0.29, 0.717) is 0 Å². The van der Waals surface area contributed by atoms with Gasteiger partial charge in [-0.3, -0.25) is 4.79 Å². The fourth-order valence-corrected chi connectivity index (χ4v) is 0.663. The van der Waals surface area contributed by atoms with Crippen molar-refractivity contribution in [1.29, 1.82) is 0 Å². The van der Waals surface area contributed by atoms with E-state index in [0.717, 1.165) is 12.1 Å². The summed E-state index contributed by atoms with van der Waals surface area (Å²) in [5, 5.41) is 26.4. The van der Waals surface area contributed by atoms with Crippen LogP contribution in [-0.4, -0.2) is 21.6 Å². The van der Waals surface area contributed by atoms with E-state index < -0.39 is 17.2 Å². The average molecular weight is 153 g/mol. The van der Waals surface area contributed by atoms with Crippen molar-refractivity contribution in [3.8, 4) is 17.2 Å². The lowest BCUT2D eigenvalue weighted by Gasteiger charge is -1.99. The van der Waals surface area contributed by atoms with Crippen LogP contribution in [0.4, 0.5) is 0 Å². The molecule has 0 atom stereocenters. The molecule has 0 aliphatic carbocycles. The van der Waals surface area contributed by atoms with Crippen molar-refractivity contribution in [3.63, 3.8) is 0 Å². The summed E-state index contributed by atoms with van der Waals surface area (Å²) < 4.78 is 0. The summed E-state index contributed by atoms with van der Waals surface area (Å²) in [5.74, 6) is -1.71. The van der Waals surface area contributed by atoms with Gasteiger partial charge in [0, 0.05) is 5.56 Å². The van der Waals surface area contributed by atoms with Gasteiger partial charge in [0.1, 0.15) is 0 Å². The molecule has 0 aliphatic heterocycles. The second-order valence-corrected chi connectivity index (χ2v) is 1.97. The Bertz CT molecular complexity index is 269. The van der Waals surface area contributed by atoms with Crippen molar-refractivity contribution in [1.82, 2.24) is 0 Å². The van der Waals surface area contributed by atoms with Gasteiger partial charge in [-0.25, -0.2) is 0 Å². The first-order valence-electron chi connectivity index (χ1n) is 2.78. The Balaban J connectivity index is 3.31. The third-order valence-corrected chi connectivity index (χ3v) is 1.19. The van der Waals surface area contributed by atoms with Gasteiger partial charge in [0.15, 0.2) is 17.2 Å². The molecule has 0 amide bonds. The summed E-state index contributed by atoms with van der Waals surface area (Å²) in [6.07, 6.45) is 1.45. The molecule has 0 bridgehead atoms. The minimum atomic E-state index is -0.635. The van der Waals surface area contributed by atoms with E-state index in [1.54, 1.807) is 0 Å². The molecule has 1 aromatic carbocycles. The van der Waals surface area contributed by atoms with Crippen LogP contribution in [0.2, 0.25) is 0 Å². The predicted molar refractivity (Wildman–Crippen MR) is 36.2 cm³/mol. The molecule has 1 aromatic rings. The Hall–Kier alpha value is -1.71. The number of hydrogen-bond acceptors (Lipinski definition) is 4. The fraction of sp³-hybridized carbons (Fsp3) is 0. The van der Waals surface area contributed by atoms with Crippen LogP contribution in [0.5, 0.6) is 17.2 Å². The van der Waals surface area contributed by atoms with E-state index >= 15 is 0 Å². The standard InChI is InChI=1S/C7H5O4/c8-3-4-1-5(9)7(11)6(10)2-4/h1-2,9-11H. The molecule has 57 valence electrons. The third kappa shape index (κ3) is 1.24. The van der Waals surface area contributed by atoms with Gasteiger partial charge in [-0.1, -0.05) is 0 Å². The summed E-state index contributed by atoms with van der Waals surface area (Å²) in [4.78, 5) is 9.99. The topological polar surface area (TPSA) is 77.8 Å². The summed E-state index contributed by atoms with van der Waals surface area (Å²) in [6, 6.07) is 2.00. The maximum Gasteiger partial charge on any atom is 0.233 e. The lowest BCUT2D eigenvalue weighted by atomic mass is 10.2. The van der Waals surface area contributed by atoms with Gasteiger partial charge in [-0.15, -0.1) is 0 Å². The monoisotopic (exact) mass is 153 g/mol. The van der Waals surface area contributed by atoms with E-state index in [4.69, 9.17) is 15.3 Å². The van der Waals surface area contributed by atoms with E-state index in [1.165, 1.54) is 6.29 Å². The second-order valence-electron chi connectivity index (χ2n) is 1.97. The third-order valence-electron chi connectivity index (χ3n) is 1.19. The maximum atomic E-state index is 9.99. The van der Waals surface area contributed by atoms with E-state index in [2.05, 4.69) is 0 Å². The Morgan fingerprint density at radius 3 is 1.91 bits per heavy atom. The van der Waals surface area contributed by atoms with Crippen LogP contribution < -0.4 is 0 Å². The Labute approximate surface area is 62.3 Å². The highest BCUT2D eigenvalue weighted by molar-refractivity contribution is 5.78. The molecule has 4 heteroatoms. The van der Waals surface area contributed by atoms with Crippen LogP contribution in [0.25, 0.3) is 0 Å². The number of benzene rings is 1. The highest BCUT2D eigenvalue weighted by Crippen LogP contribution is 2.34. The van der Waals surface area contributed by atoms with Crippen LogP contribution >= 0.6 is 0 Å². The molecule has 0 unspecified atom stereocenters. The molecule has 0 aromatic heterocycles. The lowest BCUT2D eigenvalue weighted by Crippen LogP contribution is -1.80. The molecule has 4 nitrogen and oxygen atoms in total. The van der Waals surface area contributed by atoms with E-state index in [-0.39, 0.29) is 5.56 Å². The molecular formula is C7H5O4. The zero-order chi connectivity index (χ0) is 8.43. The first kappa shape index (κ1) is 7.40. The van der Waals surface area contributed by atoms with Crippen LogP contribution in [0.1, 0.15) is 5.56 Å². The number of phenols is 3. The molecule has 0 saturated carbocycles.